The molecule has 0 unspecified atom stereocenters. The standard InChI is InChI=1S/C44H30N4/c45-38-19-8-9-20-39(38)46-40-27-47-42-25-36-33-16-7-10-21-41(33)48(43(36)26-37(42)34-17-11-18-35(40)44(34)47)32-23-30(28-12-3-1-4-13-28)22-31(24-32)29-14-5-2-6-15-29/h1-26H,27,45H2/b46-40+. The van der Waals surface area contributed by atoms with Gasteiger partial charge in [-0.05, 0) is 70.8 Å². The van der Waals surface area contributed by atoms with Crippen molar-refractivity contribution >= 4 is 60.7 Å². The zero-order valence-electron chi connectivity index (χ0n) is 26.1. The van der Waals surface area contributed by atoms with Gasteiger partial charge < -0.3 is 14.9 Å². The van der Waals surface area contributed by atoms with Crippen molar-refractivity contribution in [2.45, 2.75) is 6.54 Å². The van der Waals surface area contributed by atoms with E-state index in [2.05, 4.69) is 143 Å². The largest absolute Gasteiger partial charge is 0.397 e. The molecule has 7 aromatic carbocycles. The van der Waals surface area contributed by atoms with Crippen molar-refractivity contribution in [3.63, 3.8) is 0 Å². The van der Waals surface area contributed by atoms with E-state index in [1.165, 1.54) is 71.4 Å². The van der Waals surface area contributed by atoms with E-state index in [0.29, 0.717) is 12.2 Å². The highest BCUT2D eigenvalue weighted by Gasteiger charge is 2.26. The van der Waals surface area contributed by atoms with Gasteiger partial charge >= 0.3 is 0 Å². The van der Waals surface area contributed by atoms with Gasteiger partial charge in [-0.2, -0.15) is 0 Å². The van der Waals surface area contributed by atoms with Gasteiger partial charge in [-0.25, -0.2) is 4.99 Å². The van der Waals surface area contributed by atoms with Crippen molar-refractivity contribution in [2.75, 3.05) is 5.73 Å². The summed E-state index contributed by atoms with van der Waals surface area (Å²) in [5.74, 6) is 0. The zero-order valence-corrected chi connectivity index (χ0v) is 26.1. The highest BCUT2D eigenvalue weighted by Crippen LogP contribution is 2.42. The first-order chi connectivity index (χ1) is 23.7. The Labute approximate surface area is 277 Å². The van der Waals surface area contributed by atoms with Gasteiger partial charge in [0, 0.05) is 32.8 Å². The number of para-hydroxylation sites is 4. The van der Waals surface area contributed by atoms with Crippen molar-refractivity contribution in [1.82, 2.24) is 9.13 Å². The van der Waals surface area contributed by atoms with Crippen LogP contribution < -0.4 is 5.73 Å². The summed E-state index contributed by atoms with van der Waals surface area (Å²) >= 11 is 0. The molecule has 0 saturated heterocycles. The van der Waals surface area contributed by atoms with Gasteiger partial charge in [0.25, 0.3) is 0 Å². The SMILES string of the molecule is Nc1ccccc1/N=C1\Cn2c3cc4c5ccccc5n(-c5cc(-c6ccccc6)cc(-c6ccccc6)c5)c4cc3c3cccc1c32. The number of benzene rings is 7. The summed E-state index contributed by atoms with van der Waals surface area (Å²) in [5.41, 5.74) is 20.8. The van der Waals surface area contributed by atoms with Crippen molar-refractivity contribution in [3.05, 3.63) is 163 Å². The van der Waals surface area contributed by atoms with Gasteiger partial charge in [0.1, 0.15) is 0 Å². The molecule has 0 spiro atoms. The van der Waals surface area contributed by atoms with Crippen LogP contribution in [0.25, 0.3) is 71.6 Å². The third kappa shape index (κ3) is 3.99. The van der Waals surface area contributed by atoms with E-state index in [1.54, 1.807) is 0 Å². The number of aromatic nitrogens is 2. The van der Waals surface area contributed by atoms with Gasteiger partial charge in [-0.15, -0.1) is 0 Å². The third-order valence-corrected chi connectivity index (χ3v) is 9.88. The Kier molecular flexibility index (Phi) is 5.75. The summed E-state index contributed by atoms with van der Waals surface area (Å²) in [5, 5.41) is 4.98. The van der Waals surface area contributed by atoms with Crippen molar-refractivity contribution < 1.29 is 0 Å². The Bertz CT molecular complexity index is 2690. The van der Waals surface area contributed by atoms with Gasteiger partial charge in [0.05, 0.1) is 45.7 Å². The number of rotatable bonds is 4. The van der Waals surface area contributed by atoms with Crippen LogP contribution in [0.4, 0.5) is 11.4 Å². The van der Waals surface area contributed by atoms with Gasteiger partial charge in [0.2, 0.25) is 0 Å². The molecule has 0 radical (unpaired) electrons. The number of anilines is 1. The second-order valence-electron chi connectivity index (χ2n) is 12.6. The monoisotopic (exact) mass is 614 g/mol. The summed E-state index contributed by atoms with van der Waals surface area (Å²) in [4.78, 5) is 5.07. The second kappa shape index (κ2) is 10.3. The Morgan fingerprint density at radius 2 is 1.10 bits per heavy atom. The summed E-state index contributed by atoms with van der Waals surface area (Å²) in [6, 6.07) is 56.4. The molecule has 48 heavy (non-hydrogen) atoms. The van der Waals surface area contributed by atoms with E-state index >= 15 is 0 Å². The quantitative estimate of drug-likeness (QED) is 0.197. The summed E-state index contributed by atoms with van der Waals surface area (Å²) < 4.78 is 4.89. The fraction of sp³-hybridized carbons (Fsp3) is 0.0227. The maximum atomic E-state index is 6.30. The zero-order chi connectivity index (χ0) is 31.8. The molecule has 4 nitrogen and oxygen atoms in total. The first kappa shape index (κ1) is 26.8. The second-order valence-corrected chi connectivity index (χ2v) is 12.6. The smallest absolute Gasteiger partial charge is 0.0863 e. The number of hydrogen-bond acceptors (Lipinski definition) is 2. The fourth-order valence-electron chi connectivity index (χ4n) is 7.69. The maximum absolute atomic E-state index is 6.30. The van der Waals surface area contributed by atoms with E-state index in [0.717, 1.165) is 17.1 Å². The molecule has 0 saturated carbocycles. The molecule has 10 rings (SSSR count). The lowest BCUT2D eigenvalue weighted by Gasteiger charge is -2.14. The molecule has 0 atom stereocenters. The Balaban J connectivity index is 1.25. The van der Waals surface area contributed by atoms with Crippen LogP contribution in [0.5, 0.6) is 0 Å². The average Bonchev–Trinajstić information content (AvgIpc) is 3.78. The number of hydrogen-bond donors (Lipinski definition) is 1. The molecule has 2 aromatic heterocycles. The minimum Gasteiger partial charge on any atom is -0.397 e. The molecule has 4 heteroatoms. The Morgan fingerprint density at radius 1 is 0.479 bits per heavy atom. The van der Waals surface area contributed by atoms with E-state index in [1.807, 2.05) is 24.3 Å². The number of nitrogen functional groups attached to an aromatic ring is 1. The molecule has 1 aliphatic rings. The molecular weight excluding hydrogens is 585 g/mol. The van der Waals surface area contributed by atoms with E-state index < -0.39 is 0 Å². The first-order valence-corrected chi connectivity index (χ1v) is 16.4. The lowest BCUT2D eigenvalue weighted by atomic mass is 9.98. The van der Waals surface area contributed by atoms with Gasteiger partial charge in [-0.1, -0.05) is 109 Å². The Hall–Kier alpha value is -6.39. The van der Waals surface area contributed by atoms with Crippen LogP contribution in [-0.4, -0.2) is 14.8 Å². The molecular formula is C44H30N4. The lowest BCUT2D eigenvalue weighted by Crippen LogP contribution is -2.02. The van der Waals surface area contributed by atoms with Gasteiger partial charge in [-0.3, -0.25) is 0 Å². The van der Waals surface area contributed by atoms with E-state index in [9.17, 15) is 0 Å². The van der Waals surface area contributed by atoms with Crippen LogP contribution in [0.2, 0.25) is 0 Å². The predicted molar refractivity (Wildman–Crippen MR) is 202 cm³/mol. The lowest BCUT2D eigenvalue weighted by molar-refractivity contribution is 0.963. The average molecular weight is 615 g/mol. The number of nitrogens with zero attached hydrogens (tertiary/aromatic N) is 3. The molecule has 0 amide bonds. The van der Waals surface area contributed by atoms with E-state index in [4.69, 9.17) is 10.7 Å². The summed E-state index contributed by atoms with van der Waals surface area (Å²) in [6.45, 7) is 0.706. The first-order valence-electron chi connectivity index (χ1n) is 16.4. The van der Waals surface area contributed by atoms with Gasteiger partial charge in [0.15, 0.2) is 0 Å². The summed E-state index contributed by atoms with van der Waals surface area (Å²) in [7, 11) is 0. The Morgan fingerprint density at radius 3 is 1.85 bits per heavy atom. The highest BCUT2D eigenvalue weighted by atomic mass is 15.0. The topological polar surface area (TPSA) is 48.2 Å². The van der Waals surface area contributed by atoms with Crippen LogP contribution in [0.15, 0.2) is 163 Å². The predicted octanol–water partition coefficient (Wildman–Crippen LogP) is 10.9. The number of nitrogens with two attached hydrogens (primary N) is 1. The molecule has 0 bridgehead atoms. The highest BCUT2D eigenvalue weighted by molar-refractivity contribution is 6.24. The minimum absolute atomic E-state index is 0.694. The van der Waals surface area contributed by atoms with E-state index in [-0.39, 0.29) is 0 Å². The van der Waals surface area contributed by atoms with Crippen molar-refractivity contribution in [2.24, 2.45) is 4.99 Å². The number of fused-ring (bicyclic) bond motifs is 6. The van der Waals surface area contributed by atoms with Crippen LogP contribution in [0.3, 0.4) is 0 Å². The van der Waals surface area contributed by atoms with Crippen LogP contribution >= 0.6 is 0 Å². The molecule has 1 aliphatic heterocycles. The van der Waals surface area contributed by atoms with Crippen LogP contribution in [-0.2, 0) is 6.54 Å². The molecule has 9 aromatic rings. The third-order valence-electron chi connectivity index (χ3n) is 9.88. The fourth-order valence-corrected chi connectivity index (χ4v) is 7.69. The van der Waals surface area contributed by atoms with Crippen molar-refractivity contribution in [1.29, 1.82) is 0 Å². The van der Waals surface area contributed by atoms with Crippen LogP contribution in [0.1, 0.15) is 5.56 Å². The molecule has 0 fully saturated rings. The normalized spacial score (nSPS) is 13.5. The maximum Gasteiger partial charge on any atom is 0.0863 e. The number of aliphatic imine (C=N–C) groups is 1. The molecule has 226 valence electrons. The van der Waals surface area contributed by atoms with Crippen LogP contribution in [0, 0.1) is 0 Å². The molecule has 3 heterocycles. The molecule has 2 N–H and O–H groups in total. The molecule has 0 aliphatic carbocycles. The minimum atomic E-state index is 0.694. The van der Waals surface area contributed by atoms with Crippen molar-refractivity contribution in [3.8, 4) is 27.9 Å². The summed E-state index contributed by atoms with van der Waals surface area (Å²) in [6.07, 6.45) is 0.